The molecule has 0 atom stereocenters. The number of aryl methyl sites for hydroxylation is 2. The van der Waals surface area contributed by atoms with Crippen molar-refractivity contribution in [2.75, 3.05) is 5.32 Å². The van der Waals surface area contributed by atoms with E-state index in [4.69, 9.17) is 5.11 Å². The lowest BCUT2D eigenvalue weighted by Crippen LogP contribution is -2.03. The Morgan fingerprint density at radius 2 is 2.22 bits per heavy atom. The zero-order valence-electron chi connectivity index (χ0n) is 10.2. The summed E-state index contributed by atoms with van der Waals surface area (Å²) >= 11 is 1.62. The second kappa shape index (κ2) is 5.18. The van der Waals surface area contributed by atoms with Crippen LogP contribution in [0, 0.1) is 13.8 Å². The minimum atomic E-state index is -0.903. The lowest BCUT2D eigenvalue weighted by molar-refractivity contribution is 0.0697. The summed E-state index contributed by atoms with van der Waals surface area (Å²) < 4.78 is 0. The molecule has 0 aliphatic rings. The predicted molar refractivity (Wildman–Crippen MR) is 72.3 cm³/mol. The number of benzene rings is 1. The van der Waals surface area contributed by atoms with Crippen molar-refractivity contribution in [1.29, 1.82) is 0 Å². The van der Waals surface area contributed by atoms with Crippen molar-refractivity contribution in [1.82, 2.24) is 4.98 Å². The van der Waals surface area contributed by atoms with Crippen molar-refractivity contribution in [2.45, 2.75) is 20.4 Å². The number of nitrogens with one attached hydrogen (secondary N) is 1. The van der Waals surface area contributed by atoms with Crippen molar-refractivity contribution < 1.29 is 9.90 Å². The van der Waals surface area contributed by atoms with Crippen molar-refractivity contribution in [2.24, 2.45) is 0 Å². The van der Waals surface area contributed by atoms with Gasteiger partial charge in [-0.3, -0.25) is 0 Å². The third kappa shape index (κ3) is 2.87. The third-order valence-corrected chi connectivity index (χ3v) is 3.42. The van der Waals surface area contributed by atoms with Crippen LogP contribution in [-0.2, 0) is 6.54 Å². The number of nitrogens with zero attached hydrogens (tertiary/aromatic N) is 1. The largest absolute Gasteiger partial charge is 0.478 e. The van der Waals surface area contributed by atoms with E-state index in [0.717, 1.165) is 22.0 Å². The van der Waals surface area contributed by atoms with Gasteiger partial charge in [0.25, 0.3) is 0 Å². The van der Waals surface area contributed by atoms with Gasteiger partial charge in [0.15, 0.2) is 0 Å². The maximum Gasteiger partial charge on any atom is 0.335 e. The molecule has 0 aliphatic carbocycles. The summed E-state index contributed by atoms with van der Waals surface area (Å²) in [6.07, 6.45) is 0. The van der Waals surface area contributed by atoms with Crippen molar-refractivity contribution in [3.05, 3.63) is 45.4 Å². The summed E-state index contributed by atoms with van der Waals surface area (Å²) in [5.74, 6) is -0.903. The number of aromatic carboxylic acids is 1. The van der Waals surface area contributed by atoms with Gasteiger partial charge < -0.3 is 10.4 Å². The zero-order chi connectivity index (χ0) is 13.1. The SMILES string of the molecule is Cc1nc(CNc2ccc(C(=O)O)cc2C)cs1. The minimum absolute atomic E-state index is 0.308. The number of carboxylic acids is 1. The van der Waals surface area contributed by atoms with Crippen molar-refractivity contribution >= 4 is 23.0 Å². The molecule has 0 radical (unpaired) electrons. The first kappa shape index (κ1) is 12.6. The van der Waals surface area contributed by atoms with E-state index in [1.165, 1.54) is 0 Å². The van der Waals surface area contributed by atoms with Crippen LogP contribution >= 0.6 is 11.3 Å². The van der Waals surface area contributed by atoms with Gasteiger partial charge in [-0.05, 0) is 37.6 Å². The maximum atomic E-state index is 10.8. The molecule has 0 bridgehead atoms. The van der Waals surface area contributed by atoms with Gasteiger partial charge >= 0.3 is 5.97 Å². The Kier molecular flexibility index (Phi) is 3.62. The highest BCUT2D eigenvalue weighted by Gasteiger charge is 2.06. The van der Waals surface area contributed by atoms with E-state index < -0.39 is 5.97 Å². The number of anilines is 1. The van der Waals surface area contributed by atoms with E-state index in [2.05, 4.69) is 10.3 Å². The van der Waals surface area contributed by atoms with Crippen LogP contribution in [0.4, 0.5) is 5.69 Å². The molecule has 0 aliphatic heterocycles. The number of carboxylic acid groups (broad SMARTS) is 1. The highest BCUT2D eigenvalue weighted by molar-refractivity contribution is 7.09. The number of carbonyl (C=O) groups is 1. The Bertz CT molecular complexity index is 578. The Morgan fingerprint density at radius 3 is 2.78 bits per heavy atom. The van der Waals surface area contributed by atoms with Crippen LogP contribution in [0.25, 0.3) is 0 Å². The van der Waals surface area contributed by atoms with Crippen LogP contribution in [0.5, 0.6) is 0 Å². The monoisotopic (exact) mass is 262 g/mol. The molecular weight excluding hydrogens is 248 g/mol. The lowest BCUT2D eigenvalue weighted by atomic mass is 10.1. The molecule has 4 nitrogen and oxygen atoms in total. The van der Waals surface area contributed by atoms with Gasteiger partial charge in [0, 0.05) is 11.1 Å². The number of thiazole rings is 1. The Morgan fingerprint density at radius 1 is 1.44 bits per heavy atom. The van der Waals surface area contributed by atoms with E-state index in [9.17, 15) is 4.79 Å². The molecule has 0 spiro atoms. The first-order valence-corrected chi connectivity index (χ1v) is 6.43. The standard InChI is InChI=1S/C13H14N2O2S/c1-8-5-10(13(16)17)3-4-12(8)14-6-11-7-18-9(2)15-11/h3-5,7,14H,6H2,1-2H3,(H,16,17). The fraction of sp³-hybridized carbons (Fsp3) is 0.231. The van der Waals surface area contributed by atoms with E-state index in [1.54, 1.807) is 29.5 Å². The first-order chi connectivity index (χ1) is 8.56. The van der Waals surface area contributed by atoms with Crippen molar-refractivity contribution in [3.8, 4) is 0 Å². The zero-order valence-corrected chi connectivity index (χ0v) is 11.0. The summed E-state index contributed by atoms with van der Waals surface area (Å²) in [6, 6.07) is 5.05. The molecular formula is C13H14N2O2S. The quantitative estimate of drug-likeness (QED) is 0.889. The van der Waals surface area contributed by atoms with Crippen LogP contribution in [0.2, 0.25) is 0 Å². The summed E-state index contributed by atoms with van der Waals surface area (Å²) in [4.78, 5) is 15.2. The molecule has 0 saturated carbocycles. The number of rotatable bonds is 4. The second-order valence-electron chi connectivity index (χ2n) is 4.05. The van der Waals surface area contributed by atoms with E-state index in [0.29, 0.717) is 12.1 Å². The predicted octanol–water partition coefficient (Wildman–Crippen LogP) is 3.07. The van der Waals surface area contributed by atoms with Crippen LogP contribution in [0.1, 0.15) is 26.6 Å². The average molecular weight is 262 g/mol. The molecule has 5 heteroatoms. The maximum absolute atomic E-state index is 10.8. The molecule has 1 heterocycles. The molecule has 0 saturated heterocycles. The molecule has 1 aromatic heterocycles. The first-order valence-electron chi connectivity index (χ1n) is 5.55. The molecule has 2 N–H and O–H groups in total. The topological polar surface area (TPSA) is 62.2 Å². The van der Waals surface area contributed by atoms with Crippen LogP contribution in [-0.4, -0.2) is 16.1 Å². The van der Waals surface area contributed by atoms with Gasteiger partial charge in [-0.2, -0.15) is 0 Å². The van der Waals surface area contributed by atoms with Gasteiger partial charge in [-0.25, -0.2) is 9.78 Å². The summed E-state index contributed by atoms with van der Waals surface area (Å²) in [6.45, 7) is 4.51. The van der Waals surface area contributed by atoms with Gasteiger partial charge in [0.1, 0.15) is 0 Å². The Balaban J connectivity index is 2.08. The summed E-state index contributed by atoms with van der Waals surface area (Å²) in [5.41, 5.74) is 3.16. The molecule has 2 rings (SSSR count). The normalized spacial score (nSPS) is 10.3. The smallest absolute Gasteiger partial charge is 0.335 e. The fourth-order valence-corrected chi connectivity index (χ4v) is 2.28. The third-order valence-electron chi connectivity index (χ3n) is 2.60. The Labute approximate surface area is 109 Å². The average Bonchev–Trinajstić information content (AvgIpc) is 2.73. The molecule has 0 amide bonds. The van der Waals surface area contributed by atoms with Crippen LogP contribution < -0.4 is 5.32 Å². The van der Waals surface area contributed by atoms with Gasteiger partial charge in [0.2, 0.25) is 0 Å². The van der Waals surface area contributed by atoms with E-state index in [-0.39, 0.29) is 0 Å². The number of aromatic nitrogens is 1. The summed E-state index contributed by atoms with van der Waals surface area (Å²) in [5, 5.41) is 15.2. The van der Waals surface area contributed by atoms with Crippen LogP contribution in [0.3, 0.4) is 0 Å². The highest BCUT2D eigenvalue weighted by Crippen LogP contribution is 2.18. The van der Waals surface area contributed by atoms with E-state index >= 15 is 0 Å². The summed E-state index contributed by atoms with van der Waals surface area (Å²) in [7, 11) is 0. The Hall–Kier alpha value is -1.88. The number of hydrogen-bond donors (Lipinski definition) is 2. The molecule has 0 fully saturated rings. The van der Waals surface area contributed by atoms with Crippen molar-refractivity contribution in [3.63, 3.8) is 0 Å². The molecule has 18 heavy (non-hydrogen) atoms. The molecule has 2 aromatic rings. The van der Waals surface area contributed by atoms with E-state index in [1.807, 2.05) is 19.2 Å². The van der Waals surface area contributed by atoms with Gasteiger partial charge in [0.05, 0.1) is 22.8 Å². The van der Waals surface area contributed by atoms with Crippen LogP contribution in [0.15, 0.2) is 23.6 Å². The van der Waals surface area contributed by atoms with Gasteiger partial charge in [-0.15, -0.1) is 11.3 Å². The highest BCUT2D eigenvalue weighted by atomic mass is 32.1. The number of hydrogen-bond acceptors (Lipinski definition) is 4. The lowest BCUT2D eigenvalue weighted by Gasteiger charge is -2.08. The molecule has 1 aromatic carbocycles. The second-order valence-corrected chi connectivity index (χ2v) is 5.11. The molecule has 94 valence electrons. The minimum Gasteiger partial charge on any atom is -0.478 e. The molecule has 0 unspecified atom stereocenters. The van der Waals surface area contributed by atoms with Gasteiger partial charge in [-0.1, -0.05) is 0 Å². The fourth-order valence-electron chi connectivity index (χ4n) is 1.67.